The topological polar surface area (TPSA) is 84.6 Å². The molecule has 0 radical (unpaired) electrons. The molecular weight excluding hydrogens is 216 g/mol. The molecule has 15 heavy (non-hydrogen) atoms. The van der Waals surface area contributed by atoms with Crippen molar-refractivity contribution in [2.45, 2.75) is 6.10 Å². The molecular formula is C9H14N2O3S. The fourth-order valence-electron chi connectivity index (χ4n) is 1.05. The van der Waals surface area contributed by atoms with E-state index in [2.05, 4.69) is 5.32 Å². The molecule has 1 heterocycles. The normalized spacial score (nSPS) is 12.4. The summed E-state index contributed by atoms with van der Waals surface area (Å²) in [7, 11) is 1.49. The Morgan fingerprint density at radius 1 is 1.80 bits per heavy atom. The number of amides is 1. The first kappa shape index (κ1) is 12.0. The Kier molecular flexibility index (Phi) is 4.54. The Morgan fingerprint density at radius 2 is 2.53 bits per heavy atom. The van der Waals surface area contributed by atoms with Crippen molar-refractivity contribution in [3.8, 4) is 0 Å². The summed E-state index contributed by atoms with van der Waals surface area (Å²) in [6.07, 6.45) is -0.694. The first-order chi connectivity index (χ1) is 7.15. The van der Waals surface area contributed by atoms with Gasteiger partial charge in [-0.1, -0.05) is 0 Å². The van der Waals surface area contributed by atoms with Gasteiger partial charge >= 0.3 is 0 Å². The number of aliphatic hydroxyl groups is 1. The van der Waals surface area contributed by atoms with Crippen LogP contribution in [0.3, 0.4) is 0 Å². The van der Waals surface area contributed by atoms with E-state index in [4.69, 9.17) is 10.5 Å². The van der Waals surface area contributed by atoms with Crippen molar-refractivity contribution in [2.24, 2.45) is 0 Å². The van der Waals surface area contributed by atoms with Gasteiger partial charge in [0.1, 0.15) is 4.88 Å². The van der Waals surface area contributed by atoms with E-state index < -0.39 is 6.10 Å². The van der Waals surface area contributed by atoms with Crippen LogP contribution in [-0.4, -0.2) is 37.4 Å². The van der Waals surface area contributed by atoms with Crippen LogP contribution in [0.25, 0.3) is 0 Å². The molecule has 1 unspecified atom stereocenters. The number of nitrogen functional groups attached to an aromatic ring is 1. The smallest absolute Gasteiger partial charge is 0.263 e. The molecule has 1 aromatic rings. The van der Waals surface area contributed by atoms with Crippen molar-refractivity contribution in [1.82, 2.24) is 5.32 Å². The quantitative estimate of drug-likeness (QED) is 0.668. The molecule has 1 aromatic heterocycles. The minimum atomic E-state index is -0.694. The molecule has 0 aromatic carbocycles. The molecule has 1 atom stereocenters. The average Bonchev–Trinajstić information content (AvgIpc) is 2.61. The largest absolute Gasteiger partial charge is 0.397 e. The number of nitrogens with two attached hydrogens (primary N) is 1. The second kappa shape index (κ2) is 5.69. The lowest BCUT2D eigenvalue weighted by Crippen LogP contribution is -2.34. The SMILES string of the molecule is COCC(O)CNC(=O)c1sccc1N. The highest BCUT2D eigenvalue weighted by atomic mass is 32.1. The van der Waals surface area contributed by atoms with Crippen molar-refractivity contribution < 1.29 is 14.6 Å². The first-order valence-corrected chi connectivity index (χ1v) is 5.31. The van der Waals surface area contributed by atoms with Crippen molar-refractivity contribution in [2.75, 3.05) is 26.0 Å². The predicted molar refractivity (Wildman–Crippen MR) is 58.9 cm³/mol. The molecule has 1 amide bonds. The summed E-state index contributed by atoms with van der Waals surface area (Å²) in [5.74, 6) is -0.266. The Labute approximate surface area is 91.9 Å². The first-order valence-electron chi connectivity index (χ1n) is 4.43. The summed E-state index contributed by atoms with van der Waals surface area (Å²) < 4.78 is 4.73. The van der Waals surface area contributed by atoms with Gasteiger partial charge in [-0.05, 0) is 11.4 Å². The minimum absolute atomic E-state index is 0.157. The van der Waals surface area contributed by atoms with Crippen LogP contribution in [0.2, 0.25) is 0 Å². The second-order valence-corrected chi connectivity index (χ2v) is 3.94. The average molecular weight is 230 g/mol. The second-order valence-electron chi connectivity index (χ2n) is 3.02. The fourth-order valence-corrected chi connectivity index (χ4v) is 1.78. The van der Waals surface area contributed by atoms with Crippen LogP contribution >= 0.6 is 11.3 Å². The van der Waals surface area contributed by atoms with E-state index in [0.717, 1.165) is 0 Å². The number of nitrogens with one attached hydrogen (secondary N) is 1. The summed E-state index contributed by atoms with van der Waals surface area (Å²) in [5, 5.41) is 13.6. The molecule has 0 spiro atoms. The van der Waals surface area contributed by atoms with Crippen LogP contribution < -0.4 is 11.1 Å². The summed E-state index contributed by atoms with van der Waals surface area (Å²) in [4.78, 5) is 12.0. The predicted octanol–water partition coefficient (Wildman–Crippen LogP) is 0.0674. The summed E-state index contributed by atoms with van der Waals surface area (Å²) in [6, 6.07) is 1.67. The van der Waals surface area contributed by atoms with E-state index in [-0.39, 0.29) is 19.1 Å². The lowest BCUT2D eigenvalue weighted by molar-refractivity contribution is 0.0611. The third kappa shape index (κ3) is 3.50. The Balaban J connectivity index is 2.40. The number of rotatable bonds is 5. The van der Waals surface area contributed by atoms with Crippen molar-refractivity contribution in [1.29, 1.82) is 0 Å². The lowest BCUT2D eigenvalue weighted by atomic mass is 10.3. The Hall–Kier alpha value is -1.11. The lowest BCUT2D eigenvalue weighted by Gasteiger charge is -2.10. The molecule has 0 bridgehead atoms. The summed E-state index contributed by atoms with van der Waals surface area (Å²) in [6.45, 7) is 0.351. The molecule has 1 rings (SSSR count). The van der Waals surface area contributed by atoms with Gasteiger partial charge in [0.2, 0.25) is 0 Å². The number of carbonyl (C=O) groups is 1. The number of carbonyl (C=O) groups excluding carboxylic acids is 1. The third-order valence-corrected chi connectivity index (χ3v) is 2.69. The van der Waals surface area contributed by atoms with Crippen LogP contribution in [0.15, 0.2) is 11.4 Å². The van der Waals surface area contributed by atoms with Crippen molar-refractivity contribution >= 4 is 22.9 Å². The zero-order valence-corrected chi connectivity index (χ0v) is 9.21. The highest BCUT2D eigenvalue weighted by molar-refractivity contribution is 7.12. The molecule has 4 N–H and O–H groups in total. The van der Waals surface area contributed by atoms with E-state index in [1.165, 1.54) is 18.4 Å². The van der Waals surface area contributed by atoms with E-state index in [1.54, 1.807) is 11.4 Å². The molecule has 0 aliphatic heterocycles. The van der Waals surface area contributed by atoms with E-state index in [1.807, 2.05) is 0 Å². The minimum Gasteiger partial charge on any atom is -0.397 e. The van der Waals surface area contributed by atoms with Gasteiger partial charge in [-0.3, -0.25) is 4.79 Å². The highest BCUT2D eigenvalue weighted by Gasteiger charge is 2.12. The maximum absolute atomic E-state index is 11.5. The molecule has 84 valence electrons. The maximum atomic E-state index is 11.5. The van der Waals surface area contributed by atoms with E-state index in [9.17, 15) is 9.90 Å². The fraction of sp³-hybridized carbons (Fsp3) is 0.444. The number of methoxy groups -OCH3 is 1. The van der Waals surface area contributed by atoms with Gasteiger partial charge in [-0.25, -0.2) is 0 Å². The van der Waals surface area contributed by atoms with Crippen LogP contribution in [0, 0.1) is 0 Å². The van der Waals surface area contributed by atoms with Gasteiger partial charge < -0.3 is 20.9 Å². The zero-order valence-electron chi connectivity index (χ0n) is 8.40. The number of anilines is 1. The molecule has 0 fully saturated rings. The number of ether oxygens (including phenoxy) is 1. The van der Waals surface area contributed by atoms with Gasteiger partial charge in [0.05, 0.1) is 18.4 Å². The highest BCUT2D eigenvalue weighted by Crippen LogP contribution is 2.18. The zero-order chi connectivity index (χ0) is 11.3. The number of hydrogen-bond acceptors (Lipinski definition) is 5. The van der Waals surface area contributed by atoms with Crippen LogP contribution in [-0.2, 0) is 4.74 Å². The molecule has 0 saturated heterocycles. The van der Waals surface area contributed by atoms with Crippen LogP contribution in [0.5, 0.6) is 0 Å². The molecule has 0 aliphatic carbocycles. The van der Waals surface area contributed by atoms with Crippen LogP contribution in [0.1, 0.15) is 9.67 Å². The summed E-state index contributed by atoms with van der Waals surface area (Å²) in [5.41, 5.74) is 6.03. The van der Waals surface area contributed by atoms with Gasteiger partial charge in [0.15, 0.2) is 0 Å². The van der Waals surface area contributed by atoms with Gasteiger partial charge in [-0.2, -0.15) is 0 Å². The molecule has 5 nitrogen and oxygen atoms in total. The van der Waals surface area contributed by atoms with Crippen molar-refractivity contribution in [3.05, 3.63) is 16.3 Å². The monoisotopic (exact) mass is 230 g/mol. The van der Waals surface area contributed by atoms with Gasteiger partial charge in [-0.15, -0.1) is 11.3 Å². The Morgan fingerprint density at radius 3 is 3.07 bits per heavy atom. The maximum Gasteiger partial charge on any atom is 0.263 e. The van der Waals surface area contributed by atoms with Crippen molar-refractivity contribution in [3.63, 3.8) is 0 Å². The summed E-state index contributed by atoms with van der Waals surface area (Å²) >= 11 is 1.27. The van der Waals surface area contributed by atoms with E-state index >= 15 is 0 Å². The molecule has 0 saturated carbocycles. The number of aliphatic hydroxyl groups excluding tert-OH is 1. The van der Waals surface area contributed by atoms with E-state index in [0.29, 0.717) is 10.6 Å². The Bertz CT molecular complexity index is 327. The van der Waals surface area contributed by atoms with Gasteiger partial charge in [0, 0.05) is 13.7 Å². The number of hydrogen-bond donors (Lipinski definition) is 3. The molecule has 0 aliphatic rings. The standard InChI is InChI=1S/C9H14N2O3S/c1-14-5-6(12)4-11-9(13)8-7(10)2-3-15-8/h2-3,6,12H,4-5,10H2,1H3,(H,11,13). The third-order valence-electron chi connectivity index (χ3n) is 1.76. The van der Waals surface area contributed by atoms with Gasteiger partial charge in [0.25, 0.3) is 5.91 Å². The number of thiophene rings is 1. The molecule has 6 heteroatoms. The van der Waals surface area contributed by atoms with Crippen LogP contribution in [0.4, 0.5) is 5.69 Å².